The van der Waals surface area contributed by atoms with Crippen LogP contribution in [0.2, 0.25) is 0 Å². The summed E-state index contributed by atoms with van der Waals surface area (Å²) in [6.07, 6.45) is 7.09. The zero-order chi connectivity index (χ0) is 7.94. The molecule has 1 aliphatic rings. The molecule has 0 bridgehead atoms. The van der Waals surface area contributed by atoms with Gasteiger partial charge in [-0.05, 0) is 36.7 Å². The molecule has 0 aromatic rings. The van der Waals surface area contributed by atoms with Crippen LogP contribution in [0.25, 0.3) is 0 Å². The smallest absolute Gasteiger partial charge is 0.0231 e. The Balaban J connectivity index is 1.86. The summed E-state index contributed by atoms with van der Waals surface area (Å²) < 4.78 is 0. The van der Waals surface area contributed by atoms with Gasteiger partial charge in [0, 0.05) is 5.88 Å². The van der Waals surface area contributed by atoms with Crippen LogP contribution in [0.4, 0.5) is 0 Å². The molecule has 0 unspecified atom stereocenters. The quantitative estimate of drug-likeness (QED) is 0.475. The van der Waals surface area contributed by atoms with E-state index in [2.05, 4.69) is 11.8 Å². The zero-order valence-electron chi connectivity index (χ0n) is 7.02. The predicted molar refractivity (Wildman–Crippen MR) is 54.6 cm³/mol. The van der Waals surface area contributed by atoms with E-state index in [0.29, 0.717) is 0 Å². The first-order valence-electron chi connectivity index (χ1n) is 4.57. The van der Waals surface area contributed by atoms with E-state index < -0.39 is 0 Å². The van der Waals surface area contributed by atoms with Crippen molar-refractivity contribution in [2.45, 2.75) is 32.1 Å². The van der Waals surface area contributed by atoms with Gasteiger partial charge in [0.05, 0.1) is 0 Å². The van der Waals surface area contributed by atoms with Gasteiger partial charge in [0.2, 0.25) is 0 Å². The number of hydrogen-bond acceptors (Lipinski definition) is 1. The molecule has 0 N–H and O–H groups in total. The minimum atomic E-state index is 0.831. The fraction of sp³-hybridized carbons (Fsp3) is 1.00. The molecule has 1 rings (SSSR count). The maximum absolute atomic E-state index is 5.58. The van der Waals surface area contributed by atoms with Crippen LogP contribution in [0, 0.1) is 5.92 Å². The monoisotopic (exact) mass is 192 g/mol. The van der Waals surface area contributed by atoms with Gasteiger partial charge >= 0.3 is 0 Å². The molecule has 0 heterocycles. The Morgan fingerprint density at radius 1 is 1.27 bits per heavy atom. The summed E-state index contributed by atoms with van der Waals surface area (Å²) in [6, 6.07) is 0. The van der Waals surface area contributed by atoms with Crippen molar-refractivity contribution in [2.75, 3.05) is 17.4 Å². The van der Waals surface area contributed by atoms with Crippen molar-refractivity contribution in [1.29, 1.82) is 0 Å². The van der Waals surface area contributed by atoms with Crippen LogP contribution in [0.3, 0.4) is 0 Å². The van der Waals surface area contributed by atoms with Crippen LogP contribution >= 0.6 is 23.4 Å². The SMILES string of the molecule is ClCCCSCC1CCCC1. The molecular weight excluding hydrogens is 176 g/mol. The Bertz CT molecular complexity index is 89.6. The van der Waals surface area contributed by atoms with E-state index in [1.807, 2.05) is 0 Å². The number of alkyl halides is 1. The first kappa shape index (κ1) is 9.73. The number of halogens is 1. The molecule has 1 fully saturated rings. The number of hydrogen-bond donors (Lipinski definition) is 0. The Hall–Kier alpha value is 0.640. The zero-order valence-corrected chi connectivity index (χ0v) is 8.59. The lowest BCUT2D eigenvalue weighted by Gasteiger charge is -2.06. The van der Waals surface area contributed by atoms with E-state index in [4.69, 9.17) is 11.6 Å². The van der Waals surface area contributed by atoms with Gasteiger partial charge in [-0.2, -0.15) is 11.8 Å². The third kappa shape index (κ3) is 4.27. The lowest BCUT2D eigenvalue weighted by atomic mass is 10.1. The molecule has 1 aliphatic carbocycles. The second-order valence-electron chi connectivity index (χ2n) is 3.27. The summed E-state index contributed by atoms with van der Waals surface area (Å²) in [4.78, 5) is 0. The number of thioether (sulfide) groups is 1. The van der Waals surface area contributed by atoms with E-state index in [1.54, 1.807) is 0 Å². The average Bonchev–Trinajstić information content (AvgIpc) is 2.50. The van der Waals surface area contributed by atoms with Gasteiger partial charge in [0.25, 0.3) is 0 Å². The Labute approximate surface area is 79.1 Å². The van der Waals surface area contributed by atoms with Gasteiger partial charge in [0.1, 0.15) is 0 Å². The first-order valence-corrected chi connectivity index (χ1v) is 6.26. The van der Waals surface area contributed by atoms with Crippen LogP contribution in [-0.2, 0) is 0 Å². The molecule has 11 heavy (non-hydrogen) atoms. The fourth-order valence-electron chi connectivity index (χ4n) is 1.58. The molecule has 66 valence electrons. The summed E-state index contributed by atoms with van der Waals surface area (Å²) in [7, 11) is 0. The van der Waals surface area contributed by atoms with E-state index in [1.165, 1.54) is 43.6 Å². The Morgan fingerprint density at radius 2 is 2.00 bits per heavy atom. The largest absolute Gasteiger partial charge is 0.162 e. The van der Waals surface area contributed by atoms with Crippen molar-refractivity contribution < 1.29 is 0 Å². The number of rotatable bonds is 5. The molecule has 0 aromatic heterocycles. The van der Waals surface area contributed by atoms with E-state index in [0.717, 1.165) is 11.8 Å². The van der Waals surface area contributed by atoms with Crippen LogP contribution in [0.1, 0.15) is 32.1 Å². The first-order chi connectivity index (χ1) is 5.43. The van der Waals surface area contributed by atoms with Crippen molar-refractivity contribution in [1.82, 2.24) is 0 Å². The maximum atomic E-state index is 5.58. The molecule has 0 aromatic carbocycles. The standard InChI is InChI=1S/C9H17ClS/c10-6-3-7-11-8-9-4-1-2-5-9/h9H,1-8H2. The molecule has 0 radical (unpaired) electrons. The summed E-state index contributed by atoms with van der Waals surface area (Å²) in [6.45, 7) is 0. The molecular formula is C9H17ClS. The molecule has 0 spiro atoms. The van der Waals surface area contributed by atoms with Crippen LogP contribution in [0.15, 0.2) is 0 Å². The Morgan fingerprint density at radius 3 is 2.64 bits per heavy atom. The third-order valence-electron chi connectivity index (χ3n) is 2.25. The fourth-order valence-corrected chi connectivity index (χ4v) is 3.06. The molecule has 0 amide bonds. The topological polar surface area (TPSA) is 0 Å². The summed E-state index contributed by atoms with van der Waals surface area (Å²) in [5.74, 6) is 4.52. The highest BCUT2D eigenvalue weighted by atomic mass is 35.5. The molecule has 2 heteroatoms. The minimum absolute atomic E-state index is 0.831. The molecule has 0 nitrogen and oxygen atoms in total. The average molecular weight is 193 g/mol. The van der Waals surface area contributed by atoms with E-state index >= 15 is 0 Å². The van der Waals surface area contributed by atoms with Crippen molar-refractivity contribution >= 4 is 23.4 Å². The summed E-state index contributed by atoms with van der Waals surface area (Å²) in [5, 5.41) is 0. The second kappa shape index (κ2) is 6.19. The van der Waals surface area contributed by atoms with Gasteiger partial charge in [0.15, 0.2) is 0 Å². The molecule has 0 atom stereocenters. The van der Waals surface area contributed by atoms with Crippen molar-refractivity contribution in [3.05, 3.63) is 0 Å². The molecule has 0 aliphatic heterocycles. The lowest BCUT2D eigenvalue weighted by molar-refractivity contribution is 0.623. The van der Waals surface area contributed by atoms with E-state index in [-0.39, 0.29) is 0 Å². The van der Waals surface area contributed by atoms with Crippen LogP contribution < -0.4 is 0 Å². The second-order valence-corrected chi connectivity index (χ2v) is 4.80. The normalized spacial score (nSPS) is 19.4. The summed E-state index contributed by atoms with van der Waals surface area (Å²) in [5.41, 5.74) is 0. The van der Waals surface area contributed by atoms with Gasteiger partial charge in [-0.25, -0.2) is 0 Å². The van der Waals surface area contributed by atoms with Crippen LogP contribution in [-0.4, -0.2) is 17.4 Å². The van der Waals surface area contributed by atoms with Crippen molar-refractivity contribution in [2.24, 2.45) is 5.92 Å². The van der Waals surface area contributed by atoms with Gasteiger partial charge in [-0.15, -0.1) is 11.6 Å². The lowest BCUT2D eigenvalue weighted by Crippen LogP contribution is -1.97. The highest BCUT2D eigenvalue weighted by Crippen LogP contribution is 2.27. The molecule has 0 saturated heterocycles. The summed E-state index contributed by atoms with van der Waals surface area (Å²) >= 11 is 7.67. The van der Waals surface area contributed by atoms with Crippen molar-refractivity contribution in [3.63, 3.8) is 0 Å². The highest BCUT2D eigenvalue weighted by molar-refractivity contribution is 7.99. The van der Waals surface area contributed by atoms with Gasteiger partial charge in [-0.3, -0.25) is 0 Å². The molecule has 1 saturated carbocycles. The Kier molecular flexibility index (Phi) is 5.47. The van der Waals surface area contributed by atoms with Crippen molar-refractivity contribution in [3.8, 4) is 0 Å². The highest BCUT2D eigenvalue weighted by Gasteiger charge is 2.13. The predicted octanol–water partition coefficient (Wildman–Crippen LogP) is 3.54. The third-order valence-corrected chi connectivity index (χ3v) is 3.80. The maximum Gasteiger partial charge on any atom is 0.0231 e. The van der Waals surface area contributed by atoms with Crippen LogP contribution in [0.5, 0.6) is 0 Å². The van der Waals surface area contributed by atoms with Gasteiger partial charge in [-0.1, -0.05) is 12.8 Å². The van der Waals surface area contributed by atoms with Gasteiger partial charge < -0.3 is 0 Å². The van der Waals surface area contributed by atoms with E-state index in [9.17, 15) is 0 Å². The minimum Gasteiger partial charge on any atom is -0.162 e.